The van der Waals surface area contributed by atoms with Crippen molar-refractivity contribution in [3.8, 4) is 0 Å². The second-order valence-corrected chi connectivity index (χ2v) is 5.35. The van der Waals surface area contributed by atoms with Crippen molar-refractivity contribution in [2.45, 2.75) is 43.9 Å². The molecule has 20 heavy (non-hydrogen) atoms. The van der Waals surface area contributed by atoms with Crippen LogP contribution in [0.15, 0.2) is 18.2 Å². The average molecular weight is 285 g/mol. The number of halogens is 2. The van der Waals surface area contributed by atoms with Gasteiger partial charge in [0.05, 0.1) is 18.8 Å². The van der Waals surface area contributed by atoms with Gasteiger partial charge in [0.1, 0.15) is 0 Å². The second kappa shape index (κ2) is 7.11. The molecule has 1 aliphatic rings. The highest BCUT2D eigenvalue weighted by atomic mass is 19.2. The maximum Gasteiger partial charge on any atom is 0.159 e. The summed E-state index contributed by atoms with van der Waals surface area (Å²) in [6.45, 7) is 0.393. The van der Waals surface area contributed by atoms with Gasteiger partial charge in [-0.25, -0.2) is 8.78 Å². The number of ether oxygens (including phenoxy) is 1. The number of benzene rings is 1. The molecule has 5 heteroatoms. The fraction of sp³-hybridized carbons (Fsp3) is 0.600. The molecule has 1 atom stereocenters. The number of nitrogens with one attached hydrogen (secondary N) is 1. The smallest absolute Gasteiger partial charge is 0.159 e. The molecule has 0 saturated heterocycles. The maximum atomic E-state index is 13.3. The second-order valence-electron chi connectivity index (χ2n) is 5.35. The molecule has 0 aliphatic heterocycles. The van der Waals surface area contributed by atoms with Crippen molar-refractivity contribution < 1.29 is 18.6 Å². The Balaban J connectivity index is 2.04. The Kier molecular flexibility index (Phi) is 5.46. The summed E-state index contributed by atoms with van der Waals surface area (Å²) in [7, 11) is 1.58. The van der Waals surface area contributed by atoms with E-state index in [9.17, 15) is 13.9 Å². The Bertz CT molecular complexity index is 434. The lowest BCUT2D eigenvalue weighted by Gasteiger charge is -2.30. The molecule has 112 valence electrons. The van der Waals surface area contributed by atoms with Gasteiger partial charge in [0, 0.05) is 13.2 Å². The zero-order valence-electron chi connectivity index (χ0n) is 11.6. The number of hydrogen-bond acceptors (Lipinski definition) is 3. The predicted octanol–water partition coefficient (Wildman–Crippen LogP) is 2.55. The minimum Gasteiger partial charge on any atom is -0.393 e. The van der Waals surface area contributed by atoms with E-state index in [1.54, 1.807) is 13.2 Å². The molecule has 0 bridgehead atoms. The van der Waals surface area contributed by atoms with E-state index in [2.05, 4.69) is 5.32 Å². The van der Waals surface area contributed by atoms with Gasteiger partial charge in [-0.3, -0.25) is 0 Å². The van der Waals surface area contributed by atoms with Gasteiger partial charge in [0.2, 0.25) is 0 Å². The molecule has 0 heterocycles. The molecule has 3 nitrogen and oxygen atoms in total. The Labute approximate surface area is 117 Å². The van der Waals surface area contributed by atoms with Crippen LogP contribution in [0.1, 0.15) is 37.3 Å². The summed E-state index contributed by atoms with van der Waals surface area (Å²) in [5.41, 5.74) is 0.678. The van der Waals surface area contributed by atoms with Crippen LogP contribution in [-0.2, 0) is 4.74 Å². The van der Waals surface area contributed by atoms with Crippen LogP contribution in [-0.4, -0.2) is 31.0 Å². The van der Waals surface area contributed by atoms with Crippen LogP contribution in [0.2, 0.25) is 0 Å². The topological polar surface area (TPSA) is 41.5 Å². The first-order valence-corrected chi connectivity index (χ1v) is 6.98. The lowest BCUT2D eigenvalue weighted by Crippen LogP contribution is -2.38. The zero-order chi connectivity index (χ0) is 14.5. The van der Waals surface area contributed by atoms with Crippen molar-refractivity contribution in [1.82, 2.24) is 5.32 Å². The number of rotatable bonds is 5. The van der Waals surface area contributed by atoms with Gasteiger partial charge in [-0.05, 0) is 43.4 Å². The molecule has 1 aliphatic carbocycles. The Morgan fingerprint density at radius 3 is 2.55 bits per heavy atom. The first-order chi connectivity index (χ1) is 9.60. The molecule has 1 aromatic carbocycles. The van der Waals surface area contributed by atoms with Gasteiger partial charge in [-0.15, -0.1) is 0 Å². The molecule has 1 fully saturated rings. The van der Waals surface area contributed by atoms with Crippen LogP contribution in [0.5, 0.6) is 0 Å². The molecule has 1 aromatic rings. The van der Waals surface area contributed by atoms with Gasteiger partial charge >= 0.3 is 0 Å². The Morgan fingerprint density at radius 1 is 1.25 bits per heavy atom. The van der Waals surface area contributed by atoms with Crippen LogP contribution in [0.4, 0.5) is 8.78 Å². The van der Waals surface area contributed by atoms with Crippen molar-refractivity contribution in [3.63, 3.8) is 0 Å². The molecule has 0 amide bonds. The maximum absolute atomic E-state index is 13.3. The van der Waals surface area contributed by atoms with Gasteiger partial charge in [0.15, 0.2) is 11.6 Å². The SMILES string of the molecule is COCC(NC1CCC(O)CC1)c1ccc(F)c(F)c1. The van der Waals surface area contributed by atoms with Crippen LogP contribution < -0.4 is 5.32 Å². The minimum atomic E-state index is -0.843. The summed E-state index contributed by atoms with van der Waals surface area (Å²) in [5, 5.41) is 12.9. The predicted molar refractivity (Wildman–Crippen MR) is 72.4 cm³/mol. The number of aliphatic hydroxyl groups excluding tert-OH is 1. The molecule has 2 rings (SSSR count). The fourth-order valence-electron chi connectivity index (χ4n) is 2.66. The summed E-state index contributed by atoms with van der Waals surface area (Å²) in [4.78, 5) is 0. The third-order valence-corrected chi connectivity index (χ3v) is 3.81. The first kappa shape index (κ1) is 15.4. The largest absolute Gasteiger partial charge is 0.393 e. The molecule has 0 spiro atoms. The van der Waals surface area contributed by atoms with Crippen LogP contribution >= 0.6 is 0 Å². The van der Waals surface area contributed by atoms with Crippen molar-refractivity contribution in [3.05, 3.63) is 35.4 Å². The van der Waals surface area contributed by atoms with E-state index in [1.807, 2.05) is 0 Å². The molecule has 2 N–H and O–H groups in total. The summed E-state index contributed by atoms with van der Waals surface area (Å²) in [6.07, 6.45) is 3.10. The Hall–Kier alpha value is -1.04. The quantitative estimate of drug-likeness (QED) is 0.873. The zero-order valence-corrected chi connectivity index (χ0v) is 11.6. The highest BCUT2D eigenvalue weighted by molar-refractivity contribution is 5.21. The number of methoxy groups -OCH3 is 1. The van der Waals surface area contributed by atoms with Crippen molar-refractivity contribution >= 4 is 0 Å². The highest BCUT2D eigenvalue weighted by Crippen LogP contribution is 2.23. The molecule has 0 radical (unpaired) electrons. The van der Waals surface area contributed by atoms with Crippen LogP contribution in [0.25, 0.3) is 0 Å². The van der Waals surface area contributed by atoms with E-state index in [-0.39, 0.29) is 18.2 Å². The minimum absolute atomic E-state index is 0.171. The fourth-order valence-corrected chi connectivity index (χ4v) is 2.66. The van der Waals surface area contributed by atoms with E-state index in [4.69, 9.17) is 4.74 Å². The average Bonchev–Trinajstić information content (AvgIpc) is 2.44. The molecular formula is C15H21F2NO2. The summed E-state index contributed by atoms with van der Waals surface area (Å²) >= 11 is 0. The van der Waals surface area contributed by atoms with E-state index < -0.39 is 11.6 Å². The normalized spacial score (nSPS) is 24.6. The molecule has 1 saturated carbocycles. The summed E-state index contributed by atoms with van der Waals surface area (Å²) in [5.74, 6) is -1.69. The molecule has 0 aromatic heterocycles. The van der Waals surface area contributed by atoms with E-state index in [0.29, 0.717) is 12.2 Å². The monoisotopic (exact) mass is 285 g/mol. The van der Waals surface area contributed by atoms with Crippen molar-refractivity contribution in [1.29, 1.82) is 0 Å². The summed E-state index contributed by atoms with van der Waals surface area (Å²) in [6, 6.07) is 4.03. The summed E-state index contributed by atoms with van der Waals surface area (Å²) < 4.78 is 31.5. The van der Waals surface area contributed by atoms with Crippen molar-refractivity contribution in [2.24, 2.45) is 0 Å². The first-order valence-electron chi connectivity index (χ1n) is 6.98. The van der Waals surface area contributed by atoms with Crippen molar-refractivity contribution in [2.75, 3.05) is 13.7 Å². The van der Waals surface area contributed by atoms with E-state index >= 15 is 0 Å². The lowest BCUT2D eigenvalue weighted by molar-refractivity contribution is 0.105. The van der Waals surface area contributed by atoms with Gasteiger partial charge in [-0.1, -0.05) is 6.07 Å². The number of hydrogen-bond donors (Lipinski definition) is 2. The van der Waals surface area contributed by atoms with Crippen LogP contribution in [0.3, 0.4) is 0 Å². The van der Waals surface area contributed by atoms with E-state index in [0.717, 1.165) is 31.7 Å². The molecular weight excluding hydrogens is 264 g/mol. The lowest BCUT2D eigenvalue weighted by atomic mass is 9.92. The standard InChI is InChI=1S/C15H21F2NO2/c1-20-9-15(10-2-7-13(16)14(17)8-10)18-11-3-5-12(19)6-4-11/h2,7-8,11-12,15,18-19H,3-6,9H2,1H3. The van der Waals surface area contributed by atoms with Gasteiger partial charge < -0.3 is 15.2 Å². The van der Waals surface area contributed by atoms with Crippen LogP contribution in [0, 0.1) is 11.6 Å². The highest BCUT2D eigenvalue weighted by Gasteiger charge is 2.23. The third kappa shape index (κ3) is 3.98. The van der Waals surface area contributed by atoms with Gasteiger partial charge in [0.25, 0.3) is 0 Å². The molecule has 1 unspecified atom stereocenters. The van der Waals surface area contributed by atoms with Gasteiger partial charge in [-0.2, -0.15) is 0 Å². The third-order valence-electron chi connectivity index (χ3n) is 3.81. The Morgan fingerprint density at radius 2 is 1.95 bits per heavy atom. The van der Waals surface area contributed by atoms with E-state index in [1.165, 1.54) is 6.07 Å². The number of aliphatic hydroxyl groups is 1.